The summed E-state index contributed by atoms with van der Waals surface area (Å²) in [7, 11) is -9.91. The maximum Gasteiger partial charge on any atom is 0.472 e. The molecule has 94 heavy (non-hydrogen) atoms. The number of hydrogen-bond donors (Lipinski definition) is 3. The van der Waals surface area contributed by atoms with Gasteiger partial charge in [0.2, 0.25) is 0 Å². The third-order valence-electron chi connectivity index (χ3n) is 18.5. The van der Waals surface area contributed by atoms with Gasteiger partial charge in [0.25, 0.3) is 0 Å². The van der Waals surface area contributed by atoms with Gasteiger partial charge in [-0.15, -0.1) is 0 Å². The van der Waals surface area contributed by atoms with Crippen molar-refractivity contribution < 1.29 is 80.2 Å². The molecule has 0 heterocycles. The molecule has 0 spiro atoms. The molecule has 0 aliphatic rings. The van der Waals surface area contributed by atoms with Crippen LogP contribution in [0.3, 0.4) is 0 Å². The van der Waals surface area contributed by atoms with Crippen molar-refractivity contribution in [2.24, 2.45) is 17.8 Å². The lowest BCUT2D eigenvalue weighted by Crippen LogP contribution is -2.30. The van der Waals surface area contributed by atoms with Crippen molar-refractivity contribution in [3.63, 3.8) is 0 Å². The molecule has 0 aliphatic heterocycles. The number of esters is 4. The van der Waals surface area contributed by atoms with Crippen LogP contribution >= 0.6 is 15.6 Å². The molecule has 8 atom stereocenters. The van der Waals surface area contributed by atoms with E-state index in [1.54, 1.807) is 0 Å². The topological polar surface area (TPSA) is 237 Å². The van der Waals surface area contributed by atoms with E-state index in [0.717, 1.165) is 114 Å². The molecule has 0 rings (SSSR count). The Balaban J connectivity index is 5.25. The van der Waals surface area contributed by atoms with Crippen LogP contribution in [-0.4, -0.2) is 96.7 Å². The average molecular weight is 1380 g/mol. The Labute approximate surface area is 575 Å². The van der Waals surface area contributed by atoms with E-state index in [2.05, 4.69) is 48.5 Å². The number of phosphoric acid groups is 2. The maximum absolute atomic E-state index is 13.1. The van der Waals surface area contributed by atoms with Gasteiger partial charge in [0.05, 0.1) is 26.4 Å². The predicted octanol–water partition coefficient (Wildman–Crippen LogP) is 21.8. The van der Waals surface area contributed by atoms with Gasteiger partial charge in [0.15, 0.2) is 12.2 Å². The van der Waals surface area contributed by atoms with Crippen LogP contribution in [0, 0.1) is 17.8 Å². The third-order valence-corrected chi connectivity index (χ3v) is 20.4. The Bertz CT molecular complexity index is 1840. The minimum atomic E-state index is -4.96. The molecule has 0 bridgehead atoms. The molecule has 17 nitrogen and oxygen atoms in total. The van der Waals surface area contributed by atoms with Crippen LogP contribution in [-0.2, 0) is 65.4 Å². The molecular weight excluding hydrogens is 1230 g/mol. The number of carbonyl (C=O) groups is 4. The summed E-state index contributed by atoms with van der Waals surface area (Å²) in [5.41, 5.74) is 0. The predicted molar refractivity (Wildman–Crippen MR) is 381 cm³/mol. The van der Waals surface area contributed by atoms with Crippen molar-refractivity contribution in [2.45, 2.75) is 401 Å². The van der Waals surface area contributed by atoms with Gasteiger partial charge in [0.1, 0.15) is 19.3 Å². The lowest BCUT2D eigenvalue weighted by molar-refractivity contribution is -0.161. The van der Waals surface area contributed by atoms with Crippen LogP contribution in [0.4, 0.5) is 0 Å². The largest absolute Gasteiger partial charge is 0.472 e. The third kappa shape index (κ3) is 64.7. The Morgan fingerprint density at radius 1 is 0.298 bits per heavy atom. The fraction of sp³-hybridized carbons (Fsp3) is 0.947. The fourth-order valence-corrected chi connectivity index (χ4v) is 12.9. The number of phosphoric ester groups is 2. The number of rotatable bonds is 73. The standard InChI is InChI=1S/C75H146O17P2/c1-8-12-13-14-15-16-17-23-30-35-44-51-58-74(79)92-71(63-86-73(78)57-50-43-38-37-41-48-55-68(7)11-4)65-90-94(83,84)88-61-69(76)60-87-93(81,82)89-64-70(62-85-72(77)56-49-42-34-29-26-25-28-33-40-47-54-67(6)10-3)91-75(80)59-52-45-36-31-24-21-19-18-20-22-27-32-39-46-53-66(5)9-2/h66-71,76H,8-65H2,1-7H3,(H,81,82)(H,83,84)/t66?,67?,68?,69-,70-,71-/m1/s1. The number of ether oxygens (including phenoxy) is 4. The van der Waals surface area contributed by atoms with E-state index in [0.29, 0.717) is 25.7 Å². The molecule has 0 aromatic heterocycles. The molecule has 0 amide bonds. The van der Waals surface area contributed by atoms with Crippen molar-refractivity contribution in [1.29, 1.82) is 0 Å². The van der Waals surface area contributed by atoms with Crippen LogP contribution in [0.25, 0.3) is 0 Å². The zero-order valence-electron chi connectivity index (χ0n) is 61.4. The van der Waals surface area contributed by atoms with E-state index in [1.165, 1.54) is 186 Å². The maximum atomic E-state index is 13.1. The SMILES string of the molecule is CCCCCCCCCCCCCCC(=O)O[C@H](COC(=O)CCCCCCCCC(C)CC)COP(=O)(O)OC[C@H](O)COP(=O)(O)OC[C@@H](COC(=O)CCCCCCCCCCCCC(C)CC)OC(=O)CCCCCCCCCCCCCCCCC(C)CC. The minimum Gasteiger partial charge on any atom is -0.462 e. The van der Waals surface area contributed by atoms with Gasteiger partial charge in [-0.05, 0) is 43.4 Å². The molecule has 558 valence electrons. The van der Waals surface area contributed by atoms with E-state index in [9.17, 15) is 43.2 Å². The van der Waals surface area contributed by atoms with Crippen LogP contribution < -0.4 is 0 Å². The zero-order chi connectivity index (χ0) is 69.4. The molecule has 0 aliphatic carbocycles. The second-order valence-corrected chi connectivity index (χ2v) is 30.7. The van der Waals surface area contributed by atoms with E-state index >= 15 is 0 Å². The first-order chi connectivity index (χ1) is 45.3. The summed E-state index contributed by atoms with van der Waals surface area (Å²) in [6, 6.07) is 0. The molecule has 0 fully saturated rings. The molecule has 0 radical (unpaired) electrons. The van der Waals surface area contributed by atoms with Crippen LogP contribution in [0.15, 0.2) is 0 Å². The molecule has 0 aromatic rings. The highest BCUT2D eigenvalue weighted by Gasteiger charge is 2.30. The van der Waals surface area contributed by atoms with Crippen molar-refractivity contribution in [3.8, 4) is 0 Å². The second kappa shape index (κ2) is 65.7. The number of unbranched alkanes of at least 4 members (excludes halogenated alkanes) is 38. The van der Waals surface area contributed by atoms with Gasteiger partial charge in [-0.25, -0.2) is 9.13 Å². The summed E-state index contributed by atoms with van der Waals surface area (Å²) in [5, 5.41) is 10.6. The summed E-state index contributed by atoms with van der Waals surface area (Å²) in [6.45, 7) is 11.9. The summed E-state index contributed by atoms with van der Waals surface area (Å²) in [5.74, 6) is 0.267. The summed E-state index contributed by atoms with van der Waals surface area (Å²) in [4.78, 5) is 72.8. The number of carbonyl (C=O) groups excluding carboxylic acids is 4. The van der Waals surface area contributed by atoms with Gasteiger partial charge >= 0.3 is 39.5 Å². The van der Waals surface area contributed by atoms with Crippen molar-refractivity contribution in [1.82, 2.24) is 0 Å². The van der Waals surface area contributed by atoms with Crippen molar-refractivity contribution in [2.75, 3.05) is 39.6 Å². The Morgan fingerprint density at radius 2 is 0.511 bits per heavy atom. The number of aliphatic hydroxyl groups is 1. The Morgan fingerprint density at radius 3 is 0.755 bits per heavy atom. The number of hydrogen-bond acceptors (Lipinski definition) is 15. The van der Waals surface area contributed by atoms with Gasteiger partial charge < -0.3 is 33.8 Å². The highest BCUT2D eigenvalue weighted by Crippen LogP contribution is 2.45. The Hall–Kier alpha value is -1.94. The lowest BCUT2D eigenvalue weighted by Gasteiger charge is -2.21. The molecule has 0 saturated carbocycles. The fourth-order valence-electron chi connectivity index (χ4n) is 11.3. The van der Waals surface area contributed by atoms with Crippen LogP contribution in [0.1, 0.15) is 382 Å². The molecule has 0 saturated heterocycles. The first kappa shape index (κ1) is 92.1. The molecule has 3 N–H and O–H groups in total. The van der Waals surface area contributed by atoms with E-state index in [-0.39, 0.29) is 25.7 Å². The average Bonchev–Trinajstić information content (AvgIpc) is 1.54. The Kier molecular flexibility index (Phi) is 64.3. The van der Waals surface area contributed by atoms with Gasteiger partial charge in [-0.2, -0.15) is 0 Å². The summed E-state index contributed by atoms with van der Waals surface area (Å²) < 4.78 is 68.5. The molecule has 0 aromatic carbocycles. The normalized spacial score (nSPS) is 15.0. The minimum absolute atomic E-state index is 0.106. The molecule has 19 heteroatoms. The second-order valence-electron chi connectivity index (χ2n) is 27.8. The van der Waals surface area contributed by atoms with Gasteiger partial charge in [-0.1, -0.05) is 331 Å². The van der Waals surface area contributed by atoms with Gasteiger partial charge in [-0.3, -0.25) is 37.3 Å². The molecular formula is C75H146O17P2. The monoisotopic (exact) mass is 1380 g/mol. The first-order valence-corrected chi connectivity index (χ1v) is 42.0. The zero-order valence-corrected chi connectivity index (χ0v) is 63.2. The first-order valence-electron chi connectivity index (χ1n) is 39.0. The number of aliphatic hydroxyl groups excluding tert-OH is 1. The van der Waals surface area contributed by atoms with Crippen LogP contribution in [0.2, 0.25) is 0 Å². The quantitative estimate of drug-likeness (QED) is 0.0222. The van der Waals surface area contributed by atoms with Crippen LogP contribution in [0.5, 0.6) is 0 Å². The van der Waals surface area contributed by atoms with E-state index in [1.807, 2.05) is 0 Å². The summed E-state index contributed by atoms with van der Waals surface area (Å²) >= 11 is 0. The van der Waals surface area contributed by atoms with Crippen molar-refractivity contribution in [3.05, 3.63) is 0 Å². The van der Waals surface area contributed by atoms with Gasteiger partial charge in [0, 0.05) is 25.7 Å². The lowest BCUT2D eigenvalue weighted by atomic mass is 9.99. The van der Waals surface area contributed by atoms with E-state index < -0.39 is 97.5 Å². The highest BCUT2D eigenvalue weighted by atomic mass is 31.2. The molecule has 5 unspecified atom stereocenters. The van der Waals surface area contributed by atoms with E-state index in [4.69, 9.17) is 37.0 Å². The summed E-state index contributed by atoms with van der Waals surface area (Å²) in [6.07, 6.45) is 51.1. The van der Waals surface area contributed by atoms with Crippen molar-refractivity contribution >= 4 is 39.5 Å². The highest BCUT2D eigenvalue weighted by molar-refractivity contribution is 7.47. The smallest absolute Gasteiger partial charge is 0.462 e.